The highest BCUT2D eigenvalue weighted by Crippen LogP contribution is 2.25. The average Bonchev–Trinajstić information content (AvgIpc) is 2.15. The molecule has 0 saturated heterocycles. The lowest BCUT2D eigenvalue weighted by Crippen LogP contribution is -2.26. The van der Waals surface area contributed by atoms with Gasteiger partial charge in [0.15, 0.2) is 0 Å². The topological polar surface area (TPSA) is 16.1 Å². The molecule has 0 atom stereocenters. The summed E-state index contributed by atoms with van der Waals surface area (Å²) in [7, 11) is 0. The molecule has 1 aromatic rings. The van der Waals surface area contributed by atoms with Crippen LogP contribution in [-0.2, 0) is 0 Å². The number of alkyl halides is 1. The fraction of sp³-hybridized carbons (Fsp3) is 0.444. The van der Waals surface area contributed by atoms with E-state index in [1.165, 1.54) is 0 Å². The Balaban J connectivity index is 2.92. The highest BCUT2D eigenvalue weighted by Gasteiger charge is 2.09. The Hall–Kier alpha value is 0.01000. The third-order valence-electron chi connectivity index (χ3n) is 1.82. The molecule has 0 saturated carbocycles. The zero-order valence-electron chi connectivity index (χ0n) is 7.80. The Morgan fingerprint density at radius 1 is 1.57 bits per heavy atom. The van der Waals surface area contributed by atoms with Crippen molar-refractivity contribution in [2.45, 2.75) is 6.92 Å². The van der Waals surface area contributed by atoms with Crippen molar-refractivity contribution in [3.8, 4) is 0 Å². The fourth-order valence-corrected chi connectivity index (χ4v) is 2.11. The van der Waals surface area contributed by atoms with E-state index in [0.29, 0.717) is 10.9 Å². The third-order valence-corrected chi connectivity index (χ3v) is 2.70. The number of hydrogen-bond acceptors (Lipinski definition) is 2. The van der Waals surface area contributed by atoms with Gasteiger partial charge in [-0.05, 0) is 28.9 Å². The zero-order chi connectivity index (χ0) is 10.6. The predicted octanol–water partition coefficient (Wildman–Crippen LogP) is 3.56. The molecule has 0 bridgehead atoms. The van der Waals surface area contributed by atoms with Gasteiger partial charge in [-0.25, -0.2) is 4.98 Å². The molecule has 5 heteroatoms. The minimum atomic E-state index is 0.571. The normalized spacial score (nSPS) is 10.3. The maximum Gasteiger partial charge on any atom is 0.147 e. The maximum absolute atomic E-state index is 6.06. The maximum atomic E-state index is 6.06. The second kappa shape index (κ2) is 5.79. The number of pyridine rings is 1. The van der Waals surface area contributed by atoms with E-state index in [1.807, 2.05) is 17.9 Å². The molecule has 0 unspecified atom stereocenters. The van der Waals surface area contributed by atoms with Crippen molar-refractivity contribution in [1.82, 2.24) is 4.98 Å². The summed E-state index contributed by atoms with van der Waals surface area (Å²) in [5.74, 6) is 1.36. The molecule has 0 aliphatic heterocycles. The molecule has 0 spiro atoms. The zero-order valence-corrected chi connectivity index (χ0v) is 10.9. The number of aromatic nitrogens is 1. The standard InChI is InChI=1S/C9H11BrCl2N2/c1-2-14(4-3-11)9-8(12)5-7(10)6-13-9/h5-6H,2-4H2,1H3. The molecule has 14 heavy (non-hydrogen) atoms. The fourth-order valence-electron chi connectivity index (χ4n) is 1.16. The van der Waals surface area contributed by atoms with Crippen LogP contribution in [0.3, 0.4) is 0 Å². The molecule has 0 N–H and O–H groups in total. The number of rotatable bonds is 4. The van der Waals surface area contributed by atoms with Crippen LogP contribution >= 0.6 is 39.1 Å². The summed E-state index contributed by atoms with van der Waals surface area (Å²) >= 11 is 15.1. The van der Waals surface area contributed by atoms with E-state index in [9.17, 15) is 0 Å². The summed E-state index contributed by atoms with van der Waals surface area (Å²) in [4.78, 5) is 6.30. The van der Waals surface area contributed by atoms with Crippen LogP contribution in [0.15, 0.2) is 16.7 Å². The molecule has 0 amide bonds. The smallest absolute Gasteiger partial charge is 0.147 e. The SMILES string of the molecule is CCN(CCCl)c1ncc(Br)cc1Cl. The van der Waals surface area contributed by atoms with Crippen LogP contribution in [-0.4, -0.2) is 24.0 Å². The molecule has 1 aromatic heterocycles. The summed E-state index contributed by atoms with van der Waals surface area (Å²) in [6, 6.07) is 1.83. The minimum Gasteiger partial charge on any atom is -0.354 e. The van der Waals surface area contributed by atoms with Gasteiger partial charge >= 0.3 is 0 Å². The largest absolute Gasteiger partial charge is 0.354 e. The van der Waals surface area contributed by atoms with Crippen molar-refractivity contribution < 1.29 is 0 Å². The lowest BCUT2D eigenvalue weighted by molar-refractivity contribution is 0.849. The number of hydrogen-bond donors (Lipinski definition) is 0. The van der Waals surface area contributed by atoms with Gasteiger partial charge in [0.25, 0.3) is 0 Å². The number of anilines is 1. The van der Waals surface area contributed by atoms with Crippen molar-refractivity contribution in [3.05, 3.63) is 21.8 Å². The van der Waals surface area contributed by atoms with Crippen LogP contribution in [0.4, 0.5) is 5.82 Å². The minimum absolute atomic E-state index is 0.571. The lowest BCUT2D eigenvalue weighted by Gasteiger charge is -2.21. The van der Waals surface area contributed by atoms with Crippen LogP contribution in [0.1, 0.15) is 6.92 Å². The van der Waals surface area contributed by atoms with E-state index in [1.54, 1.807) is 6.20 Å². The van der Waals surface area contributed by atoms with Crippen LogP contribution in [0.25, 0.3) is 0 Å². The van der Waals surface area contributed by atoms with Crippen molar-refractivity contribution in [3.63, 3.8) is 0 Å². The van der Waals surface area contributed by atoms with Gasteiger partial charge in [-0.1, -0.05) is 11.6 Å². The molecule has 0 aliphatic rings. The first-order valence-corrected chi connectivity index (χ1v) is 6.01. The van der Waals surface area contributed by atoms with Gasteiger partial charge in [-0.3, -0.25) is 0 Å². The monoisotopic (exact) mass is 296 g/mol. The van der Waals surface area contributed by atoms with Gasteiger partial charge in [0.05, 0.1) is 5.02 Å². The summed E-state index contributed by atoms with van der Waals surface area (Å²) in [5.41, 5.74) is 0. The first-order valence-electron chi connectivity index (χ1n) is 4.31. The average molecular weight is 298 g/mol. The van der Waals surface area contributed by atoms with Gasteiger partial charge in [-0.15, -0.1) is 11.6 Å². The first kappa shape index (κ1) is 12.1. The van der Waals surface area contributed by atoms with Crippen molar-refractivity contribution in [2.24, 2.45) is 0 Å². The molecule has 1 heterocycles. The summed E-state index contributed by atoms with van der Waals surface area (Å²) < 4.78 is 0.883. The molecular weight excluding hydrogens is 287 g/mol. The van der Waals surface area contributed by atoms with Gasteiger partial charge in [-0.2, -0.15) is 0 Å². The number of halogens is 3. The van der Waals surface area contributed by atoms with Crippen LogP contribution in [0.2, 0.25) is 5.02 Å². The van der Waals surface area contributed by atoms with Crippen molar-refractivity contribution >= 4 is 44.9 Å². The van der Waals surface area contributed by atoms with E-state index >= 15 is 0 Å². The van der Waals surface area contributed by atoms with E-state index in [-0.39, 0.29) is 0 Å². The van der Waals surface area contributed by atoms with E-state index in [0.717, 1.165) is 23.4 Å². The molecule has 0 radical (unpaired) electrons. The quantitative estimate of drug-likeness (QED) is 0.790. The van der Waals surface area contributed by atoms with Gasteiger partial charge in [0.2, 0.25) is 0 Å². The summed E-state index contributed by atoms with van der Waals surface area (Å²) in [6.45, 7) is 3.65. The molecule has 0 fully saturated rings. The second-order valence-corrected chi connectivity index (χ2v) is 4.43. The highest BCUT2D eigenvalue weighted by molar-refractivity contribution is 9.10. The molecule has 78 valence electrons. The van der Waals surface area contributed by atoms with Crippen LogP contribution < -0.4 is 4.90 Å². The predicted molar refractivity (Wildman–Crippen MR) is 65.6 cm³/mol. The molecular formula is C9H11BrCl2N2. The first-order chi connectivity index (χ1) is 6.69. The highest BCUT2D eigenvalue weighted by atomic mass is 79.9. The Labute approximate surface area is 102 Å². The van der Waals surface area contributed by atoms with Crippen LogP contribution in [0, 0.1) is 0 Å². The Morgan fingerprint density at radius 3 is 2.79 bits per heavy atom. The van der Waals surface area contributed by atoms with Gasteiger partial charge < -0.3 is 4.90 Å². The Kier molecular flexibility index (Phi) is 4.99. The second-order valence-electron chi connectivity index (χ2n) is 2.73. The van der Waals surface area contributed by atoms with Crippen LogP contribution in [0.5, 0.6) is 0 Å². The van der Waals surface area contributed by atoms with E-state index in [2.05, 4.69) is 20.9 Å². The molecule has 2 nitrogen and oxygen atoms in total. The van der Waals surface area contributed by atoms with E-state index in [4.69, 9.17) is 23.2 Å². The van der Waals surface area contributed by atoms with Gasteiger partial charge in [0, 0.05) is 29.6 Å². The number of nitrogens with zero attached hydrogens (tertiary/aromatic N) is 2. The van der Waals surface area contributed by atoms with Crippen molar-refractivity contribution in [2.75, 3.05) is 23.9 Å². The van der Waals surface area contributed by atoms with E-state index < -0.39 is 0 Å². The van der Waals surface area contributed by atoms with Crippen molar-refractivity contribution in [1.29, 1.82) is 0 Å². The molecule has 1 rings (SSSR count). The molecule has 0 aromatic carbocycles. The molecule has 0 aliphatic carbocycles. The summed E-state index contributed by atoms with van der Waals surface area (Å²) in [5, 5.41) is 0.645. The summed E-state index contributed by atoms with van der Waals surface area (Å²) in [6.07, 6.45) is 1.73. The lowest BCUT2D eigenvalue weighted by atomic mass is 10.4. The Morgan fingerprint density at radius 2 is 2.29 bits per heavy atom. The van der Waals surface area contributed by atoms with Gasteiger partial charge in [0.1, 0.15) is 5.82 Å². The third kappa shape index (κ3) is 3.01. The Bertz CT molecular complexity index is 307.